The molecule has 2 heteroatoms. The van der Waals surface area contributed by atoms with Crippen LogP contribution in [0.2, 0.25) is 0 Å². The Morgan fingerprint density at radius 3 is 3.00 bits per heavy atom. The summed E-state index contributed by atoms with van der Waals surface area (Å²) in [4.78, 5) is 0. The van der Waals surface area contributed by atoms with Gasteiger partial charge in [-0.2, -0.15) is 0 Å². The van der Waals surface area contributed by atoms with Crippen LogP contribution < -0.4 is 5.32 Å². The van der Waals surface area contributed by atoms with Gasteiger partial charge in [-0.1, -0.05) is 11.6 Å². The maximum atomic E-state index is 5.40. The molecule has 1 saturated heterocycles. The highest BCUT2D eigenvalue weighted by Crippen LogP contribution is 2.04. The molecule has 1 aliphatic heterocycles. The molecule has 1 rings (SSSR count). The van der Waals surface area contributed by atoms with Gasteiger partial charge >= 0.3 is 0 Å². The summed E-state index contributed by atoms with van der Waals surface area (Å²) in [6.07, 6.45) is 3.74. The molecule has 0 aliphatic carbocycles. The zero-order valence-electron chi connectivity index (χ0n) is 7.39. The summed E-state index contributed by atoms with van der Waals surface area (Å²) in [6, 6.07) is 0. The van der Waals surface area contributed by atoms with Gasteiger partial charge in [0.25, 0.3) is 0 Å². The predicted molar refractivity (Wildman–Crippen MR) is 46.7 cm³/mol. The average molecular weight is 155 g/mol. The molecule has 0 bridgehead atoms. The molecule has 0 aromatic carbocycles. The molecule has 0 atom stereocenters. The Labute approximate surface area is 68.6 Å². The zero-order chi connectivity index (χ0) is 8.10. The van der Waals surface area contributed by atoms with Gasteiger partial charge in [0.05, 0.1) is 12.7 Å². The highest BCUT2D eigenvalue weighted by Gasteiger charge is 2.03. The van der Waals surface area contributed by atoms with Gasteiger partial charge in [0.1, 0.15) is 0 Å². The van der Waals surface area contributed by atoms with Crippen LogP contribution in [0.15, 0.2) is 11.6 Å². The lowest BCUT2D eigenvalue weighted by atomic mass is 10.2. The van der Waals surface area contributed by atoms with E-state index in [1.54, 1.807) is 0 Å². The summed E-state index contributed by atoms with van der Waals surface area (Å²) >= 11 is 0. The zero-order valence-corrected chi connectivity index (χ0v) is 7.39. The lowest BCUT2D eigenvalue weighted by Gasteiger charge is -2.03. The maximum absolute atomic E-state index is 5.40. The number of rotatable bonds is 3. The van der Waals surface area contributed by atoms with E-state index in [2.05, 4.69) is 25.2 Å². The minimum atomic E-state index is 0.348. The summed E-state index contributed by atoms with van der Waals surface area (Å²) in [5.74, 6) is 0. The van der Waals surface area contributed by atoms with E-state index in [9.17, 15) is 0 Å². The summed E-state index contributed by atoms with van der Waals surface area (Å²) < 4.78 is 5.40. The largest absolute Gasteiger partial charge is 0.375 e. The second kappa shape index (κ2) is 4.52. The lowest BCUT2D eigenvalue weighted by Crippen LogP contribution is -2.05. The van der Waals surface area contributed by atoms with Gasteiger partial charge < -0.3 is 10.1 Å². The fraction of sp³-hybridized carbons (Fsp3) is 0.778. The molecule has 1 heterocycles. The van der Waals surface area contributed by atoms with Gasteiger partial charge in [0.2, 0.25) is 0 Å². The molecule has 0 radical (unpaired) electrons. The predicted octanol–water partition coefficient (Wildman–Crippen LogP) is 1.33. The Morgan fingerprint density at radius 2 is 2.45 bits per heavy atom. The maximum Gasteiger partial charge on any atom is 0.0654 e. The van der Waals surface area contributed by atoms with E-state index < -0.39 is 0 Å². The van der Waals surface area contributed by atoms with Crippen LogP contribution in [-0.4, -0.2) is 25.8 Å². The standard InChI is InChI=1S/C9H17NO/c1-8(2)11-6-4-9-3-5-10-7-9/h4,8,10H,3,5-7H2,1-2H3/b9-4+. The Kier molecular flexibility index (Phi) is 3.60. The molecular weight excluding hydrogens is 138 g/mol. The quantitative estimate of drug-likeness (QED) is 0.621. The summed E-state index contributed by atoms with van der Waals surface area (Å²) in [7, 11) is 0. The summed E-state index contributed by atoms with van der Waals surface area (Å²) in [6.45, 7) is 7.08. The van der Waals surface area contributed by atoms with Gasteiger partial charge in [-0.3, -0.25) is 0 Å². The number of ether oxygens (including phenoxy) is 1. The van der Waals surface area contributed by atoms with E-state index in [-0.39, 0.29) is 0 Å². The van der Waals surface area contributed by atoms with Gasteiger partial charge in [0.15, 0.2) is 0 Å². The van der Waals surface area contributed by atoms with Crippen molar-refractivity contribution in [1.82, 2.24) is 5.32 Å². The molecule has 0 spiro atoms. The Morgan fingerprint density at radius 1 is 1.64 bits per heavy atom. The van der Waals surface area contributed by atoms with E-state index in [4.69, 9.17) is 4.74 Å². The van der Waals surface area contributed by atoms with Gasteiger partial charge in [0, 0.05) is 6.54 Å². The molecule has 64 valence electrons. The molecule has 0 unspecified atom stereocenters. The molecule has 2 nitrogen and oxygen atoms in total. The first-order chi connectivity index (χ1) is 5.29. The third kappa shape index (κ3) is 3.54. The minimum absolute atomic E-state index is 0.348. The fourth-order valence-electron chi connectivity index (χ4n) is 1.12. The van der Waals surface area contributed by atoms with Crippen molar-refractivity contribution >= 4 is 0 Å². The van der Waals surface area contributed by atoms with Crippen molar-refractivity contribution in [2.24, 2.45) is 0 Å². The molecule has 1 fully saturated rings. The molecule has 1 aliphatic rings. The highest BCUT2D eigenvalue weighted by atomic mass is 16.5. The second-order valence-corrected chi connectivity index (χ2v) is 3.17. The third-order valence-electron chi connectivity index (χ3n) is 1.78. The van der Waals surface area contributed by atoms with Crippen LogP contribution in [0.5, 0.6) is 0 Å². The van der Waals surface area contributed by atoms with Crippen LogP contribution in [0, 0.1) is 0 Å². The van der Waals surface area contributed by atoms with E-state index in [0.717, 1.165) is 19.7 Å². The second-order valence-electron chi connectivity index (χ2n) is 3.17. The Bertz CT molecular complexity index is 132. The first-order valence-corrected chi connectivity index (χ1v) is 4.29. The van der Waals surface area contributed by atoms with Crippen LogP contribution >= 0.6 is 0 Å². The van der Waals surface area contributed by atoms with E-state index >= 15 is 0 Å². The van der Waals surface area contributed by atoms with Crippen LogP contribution in [0.25, 0.3) is 0 Å². The SMILES string of the molecule is CC(C)OC/C=C1\CCNC1. The van der Waals surface area contributed by atoms with E-state index in [1.165, 1.54) is 12.0 Å². The lowest BCUT2D eigenvalue weighted by molar-refractivity contribution is 0.102. The van der Waals surface area contributed by atoms with Crippen LogP contribution in [0.1, 0.15) is 20.3 Å². The van der Waals surface area contributed by atoms with Crippen molar-refractivity contribution in [3.63, 3.8) is 0 Å². The van der Waals surface area contributed by atoms with Crippen LogP contribution in [0.4, 0.5) is 0 Å². The topological polar surface area (TPSA) is 21.3 Å². The molecule has 0 saturated carbocycles. The summed E-state index contributed by atoms with van der Waals surface area (Å²) in [5.41, 5.74) is 1.49. The molecule has 0 amide bonds. The van der Waals surface area contributed by atoms with Gasteiger partial charge in [-0.05, 0) is 26.8 Å². The first-order valence-electron chi connectivity index (χ1n) is 4.29. The van der Waals surface area contributed by atoms with Gasteiger partial charge in [-0.15, -0.1) is 0 Å². The van der Waals surface area contributed by atoms with E-state index in [0.29, 0.717) is 6.10 Å². The molecule has 11 heavy (non-hydrogen) atoms. The molecule has 0 aromatic heterocycles. The average Bonchev–Trinajstić information content (AvgIpc) is 2.39. The van der Waals surface area contributed by atoms with Crippen molar-refractivity contribution in [2.45, 2.75) is 26.4 Å². The third-order valence-corrected chi connectivity index (χ3v) is 1.78. The monoisotopic (exact) mass is 155 g/mol. The molecule has 1 N–H and O–H groups in total. The minimum Gasteiger partial charge on any atom is -0.375 e. The highest BCUT2D eigenvalue weighted by molar-refractivity contribution is 5.08. The fourth-order valence-corrected chi connectivity index (χ4v) is 1.12. The van der Waals surface area contributed by atoms with Crippen molar-refractivity contribution < 1.29 is 4.74 Å². The van der Waals surface area contributed by atoms with Crippen molar-refractivity contribution in [1.29, 1.82) is 0 Å². The summed E-state index contributed by atoms with van der Waals surface area (Å²) in [5, 5.41) is 3.29. The first kappa shape index (κ1) is 8.75. The smallest absolute Gasteiger partial charge is 0.0654 e. The van der Waals surface area contributed by atoms with Crippen LogP contribution in [0.3, 0.4) is 0 Å². The molecular formula is C9H17NO. The number of hydrogen-bond donors (Lipinski definition) is 1. The van der Waals surface area contributed by atoms with Crippen LogP contribution in [-0.2, 0) is 4.74 Å². The van der Waals surface area contributed by atoms with Crippen molar-refractivity contribution in [3.8, 4) is 0 Å². The Hall–Kier alpha value is -0.340. The van der Waals surface area contributed by atoms with Crippen molar-refractivity contribution in [2.75, 3.05) is 19.7 Å². The van der Waals surface area contributed by atoms with E-state index in [1.807, 2.05) is 0 Å². The normalized spacial score (nSPS) is 21.9. The Balaban J connectivity index is 2.13. The number of nitrogens with one attached hydrogen (secondary N) is 1. The number of hydrogen-bond acceptors (Lipinski definition) is 2. The van der Waals surface area contributed by atoms with Gasteiger partial charge in [-0.25, -0.2) is 0 Å². The molecule has 0 aromatic rings. The van der Waals surface area contributed by atoms with Crippen molar-refractivity contribution in [3.05, 3.63) is 11.6 Å².